The molecule has 0 fully saturated rings. The average molecular weight is 408 g/mol. The number of rotatable bonds is 4. The van der Waals surface area contributed by atoms with Crippen LogP contribution in [-0.2, 0) is 14.3 Å². The van der Waals surface area contributed by atoms with E-state index in [0.29, 0.717) is 0 Å². The van der Waals surface area contributed by atoms with Gasteiger partial charge in [-0.25, -0.2) is 0 Å². The molecular weight excluding hydrogens is 396 g/mol. The van der Waals surface area contributed by atoms with Crippen LogP contribution in [0.5, 0.6) is 0 Å². The molecule has 19 heavy (non-hydrogen) atoms. The van der Waals surface area contributed by atoms with Crippen molar-refractivity contribution >= 4 is 51.2 Å². The molecule has 0 aliphatic rings. The van der Waals surface area contributed by atoms with E-state index < -0.39 is 10.1 Å². The first-order valence-electron chi connectivity index (χ1n) is 5.28. The number of hydrogen-bond donors (Lipinski definition) is 0. The van der Waals surface area contributed by atoms with Crippen LogP contribution in [0.4, 0.5) is 0 Å². The van der Waals surface area contributed by atoms with Crippen molar-refractivity contribution in [3.8, 4) is 0 Å². The van der Waals surface area contributed by atoms with Crippen molar-refractivity contribution in [2.24, 2.45) is 0 Å². The summed E-state index contributed by atoms with van der Waals surface area (Å²) >= 11 is 1.13. The third kappa shape index (κ3) is 4.66. The summed E-state index contributed by atoms with van der Waals surface area (Å²) in [6.07, 6.45) is 2.81. The number of hydrogen-bond acceptors (Lipinski definition) is 4. The van der Waals surface area contributed by atoms with E-state index >= 15 is 0 Å². The molecule has 1 aromatic carbocycles. The first-order valence-corrected chi connectivity index (χ1v) is 7.57. The van der Waals surface area contributed by atoms with Crippen molar-refractivity contribution in [3.05, 3.63) is 59.2 Å². The van der Waals surface area contributed by atoms with Gasteiger partial charge in [-0.3, -0.25) is 0 Å². The first-order chi connectivity index (χ1) is 8.58. The van der Waals surface area contributed by atoms with Crippen LogP contribution in [0.3, 0.4) is 0 Å². The van der Waals surface area contributed by atoms with Gasteiger partial charge in [0.1, 0.15) is 6.26 Å². The molecule has 2 aromatic rings. The summed E-state index contributed by atoms with van der Waals surface area (Å²) in [6.45, 7) is 1.99. The molecule has 0 saturated carbocycles. The fourth-order valence-electron chi connectivity index (χ4n) is 1.31. The van der Waals surface area contributed by atoms with E-state index in [0.717, 1.165) is 22.5 Å². The molecule has 0 atom stereocenters. The summed E-state index contributed by atoms with van der Waals surface area (Å²) in [4.78, 5) is 0. The maximum Gasteiger partial charge on any atom is 0.348 e. The van der Waals surface area contributed by atoms with E-state index in [-0.39, 0.29) is 27.9 Å². The van der Waals surface area contributed by atoms with Gasteiger partial charge in [-0.15, -0.1) is 11.3 Å². The molecule has 2 rings (SSSR count). The molecule has 0 bridgehead atoms. The summed E-state index contributed by atoms with van der Waals surface area (Å²) in [5, 5.41) is 1.69. The standard InChI is InChI=1S/C13H12O3S2.Te/c1-11-4-6-12(7-5-11)8-9-16-18(14,15)13-3-2-10-17-13;/h2-10H,1H3;. The Hall–Kier alpha value is -0.800. The van der Waals surface area contributed by atoms with E-state index in [9.17, 15) is 8.42 Å². The molecule has 1 aromatic heterocycles. The Morgan fingerprint density at radius 3 is 2.42 bits per heavy atom. The van der Waals surface area contributed by atoms with E-state index in [1.165, 1.54) is 12.3 Å². The zero-order valence-corrected chi connectivity index (χ0v) is 14.1. The molecule has 6 heteroatoms. The number of benzene rings is 1. The second-order valence-electron chi connectivity index (χ2n) is 3.70. The van der Waals surface area contributed by atoms with Crippen LogP contribution in [0.1, 0.15) is 11.1 Å². The summed E-state index contributed by atoms with van der Waals surface area (Å²) in [5.41, 5.74) is 2.04. The van der Waals surface area contributed by atoms with E-state index in [4.69, 9.17) is 4.18 Å². The first kappa shape index (κ1) is 16.3. The minimum absolute atomic E-state index is 0. The predicted molar refractivity (Wildman–Crippen MR) is 78.6 cm³/mol. The van der Waals surface area contributed by atoms with Crippen molar-refractivity contribution in [1.29, 1.82) is 0 Å². The molecule has 0 aliphatic carbocycles. The van der Waals surface area contributed by atoms with E-state index in [2.05, 4.69) is 0 Å². The molecule has 0 amide bonds. The smallest absolute Gasteiger partial charge is 0.348 e. The van der Waals surface area contributed by atoms with Crippen molar-refractivity contribution in [2.45, 2.75) is 11.1 Å². The van der Waals surface area contributed by atoms with Gasteiger partial charge >= 0.3 is 10.1 Å². The van der Waals surface area contributed by atoms with Crippen molar-refractivity contribution in [2.75, 3.05) is 0 Å². The van der Waals surface area contributed by atoms with Gasteiger partial charge in [0.05, 0.1) is 0 Å². The summed E-state index contributed by atoms with van der Waals surface area (Å²) in [5.74, 6) is 0. The average Bonchev–Trinajstić information content (AvgIpc) is 2.86. The third-order valence-corrected chi connectivity index (χ3v) is 4.82. The topological polar surface area (TPSA) is 43.4 Å². The molecular formula is C13H12O3S2Te. The Morgan fingerprint density at radius 2 is 1.84 bits per heavy atom. The molecule has 0 N–H and O–H groups in total. The largest absolute Gasteiger partial charge is 0.386 e. The minimum Gasteiger partial charge on any atom is -0.386 e. The number of thiophene rings is 1. The molecule has 100 valence electrons. The monoisotopic (exact) mass is 410 g/mol. The fraction of sp³-hybridized carbons (Fsp3) is 0.0769. The molecule has 3 nitrogen and oxygen atoms in total. The summed E-state index contributed by atoms with van der Waals surface area (Å²) in [7, 11) is -3.66. The van der Waals surface area contributed by atoms with Crippen LogP contribution in [0.2, 0.25) is 0 Å². The second-order valence-corrected chi connectivity index (χ2v) is 6.44. The Balaban J connectivity index is 0.00000180. The molecule has 0 unspecified atom stereocenters. The maximum absolute atomic E-state index is 11.7. The van der Waals surface area contributed by atoms with Crippen molar-refractivity contribution < 1.29 is 12.6 Å². The van der Waals surface area contributed by atoms with Gasteiger partial charge < -0.3 is 4.18 Å². The van der Waals surface area contributed by atoms with E-state index in [1.807, 2.05) is 31.2 Å². The molecule has 0 spiro atoms. The van der Waals surface area contributed by atoms with Crippen molar-refractivity contribution in [3.63, 3.8) is 0 Å². The predicted octanol–water partition coefficient (Wildman–Crippen LogP) is 3.05. The molecule has 0 aliphatic heterocycles. The molecule has 2 radical (unpaired) electrons. The summed E-state index contributed by atoms with van der Waals surface area (Å²) < 4.78 is 28.4. The zero-order chi connectivity index (χ0) is 13.0. The Labute approximate surface area is 133 Å². The van der Waals surface area contributed by atoms with Gasteiger partial charge in [0.2, 0.25) is 0 Å². The van der Waals surface area contributed by atoms with E-state index in [1.54, 1.807) is 17.5 Å². The quantitative estimate of drug-likeness (QED) is 0.444. The van der Waals surface area contributed by atoms with Gasteiger partial charge in [-0.1, -0.05) is 35.9 Å². The Morgan fingerprint density at radius 1 is 1.16 bits per heavy atom. The van der Waals surface area contributed by atoms with Gasteiger partial charge in [0, 0.05) is 23.7 Å². The van der Waals surface area contributed by atoms with Crippen molar-refractivity contribution in [1.82, 2.24) is 0 Å². The third-order valence-electron chi connectivity index (χ3n) is 2.26. The van der Waals surface area contributed by atoms with Crippen LogP contribution in [0.15, 0.2) is 52.2 Å². The SMILES string of the molecule is Cc1ccc(C=COS(=O)(=O)c2cccs2)cc1.[Te]. The van der Waals surface area contributed by atoms with Gasteiger partial charge in [-0.2, -0.15) is 8.42 Å². The normalized spacial score (nSPS) is 11.2. The maximum atomic E-state index is 11.7. The molecule has 0 saturated heterocycles. The number of aryl methyl sites for hydroxylation is 1. The second kappa shape index (κ2) is 7.11. The van der Waals surface area contributed by atoms with Crippen LogP contribution in [-0.4, -0.2) is 32.1 Å². The van der Waals surface area contributed by atoms with Crippen LogP contribution >= 0.6 is 11.3 Å². The molecule has 1 heterocycles. The van der Waals surface area contributed by atoms with Crippen LogP contribution in [0.25, 0.3) is 6.08 Å². The Bertz CT molecular complexity index is 629. The van der Waals surface area contributed by atoms with Crippen LogP contribution in [0, 0.1) is 6.92 Å². The zero-order valence-electron chi connectivity index (χ0n) is 10.1. The minimum atomic E-state index is -3.66. The van der Waals surface area contributed by atoms with Crippen LogP contribution < -0.4 is 0 Å². The fourth-order valence-corrected chi connectivity index (χ4v) is 3.06. The Kier molecular flexibility index (Phi) is 6.08. The van der Waals surface area contributed by atoms with Gasteiger partial charge in [-0.05, 0) is 30.0 Å². The van der Waals surface area contributed by atoms with Gasteiger partial charge in [0.25, 0.3) is 0 Å². The van der Waals surface area contributed by atoms with Gasteiger partial charge in [0.15, 0.2) is 4.21 Å². The summed E-state index contributed by atoms with van der Waals surface area (Å²) in [6, 6.07) is 10.9.